The van der Waals surface area contributed by atoms with Crippen LogP contribution in [0.5, 0.6) is 0 Å². The third-order valence-corrected chi connectivity index (χ3v) is 4.12. The molecular formula is C18H32N2. The minimum atomic E-state index is 0.475. The van der Waals surface area contributed by atoms with Crippen LogP contribution in [0.2, 0.25) is 0 Å². The number of likely N-dealkylation sites (N-methyl/N-ethyl adjacent to an activating group) is 1. The van der Waals surface area contributed by atoms with Gasteiger partial charge in [-0.15, -0.1) is 0 Å². The number of nitrogens with two attached hydrogens (primary N) is 1. The zero-order valence-corrected chi connectivity index (χ0v) is 13.6. The standard InChI is InChI=1S/C18H32N2/c1-4-6-7-8-9-13-17(15-19)20(5-2)18-14-11-10-12-16(18)3/h10-12,14,17H,4-9,13,15,19H2,1-3H3. The molecule has 114 valence electrons. The molecule has 1 aromatic carbocycles. The molecule has 2 N–H and O–H groups in total. The van der Waals surface area contributed by atoms with Crippen LogP contribution in [-0.2, 0) is 0 Å². The number of unbranched alkanes of at least 4 members (excludes halogenated alkanes) is 4. The highest BCUT2D eigenvalue weighted by Gasteiger charge is 2.16. The van der Waals surface area contributed by atoms with Gasteiger partial charge in [-0.1, -0.05) is 57.2 Å². The summed E-state index contributed by atoms with van der Waals surface area (Å²) in [6, 6.07) is 9.11. The van der Waals surface area contributed by atoms with Gasteiger partial charge in [0.15, 0.2) is 0 Å². The number of rotatable bonds is 10. The van der Waals surface area contributed by atoms with E-state index in [0.717, 1.165) is 13.1 Å². The molecule has 20 heavy (non-hydrogen) atoms. The molecule has 2 heteroatoms. The molecule has 1 rings (SSSR count). The van der Waals surface area contributed by atoms with Crippen molar-refractivity contribution in [3.63, 3.8) is 0 Å². The van der Waals surface area contributed by atoms with Gasteiger partial charge in [0, 0.05) is 24.8 Å². The van der Waals surface area contributed by atoms with E-state index < -0.39 is 0 Å². The maximum Gasteiger partial charge on any atom is 0.0412 e. The monoisotopic (exact) mass is 276 g/mol. The smallest absolute Gasteiger partial charge is 0.0412 e. The van der Waals surface area contributed by atoms with E-state index in [1.165, 1.54) is 49.8 Å². The van der Waals surface area contributed by atoms with Crippen molar-refractivity contribution in [2.45, 2.75) is 65.3 Å². The minimum Gasteiger partial charge on any atom is -0.367 e. The third kappa shape index (κ3) is 5.16. The molecule has 0 aromatic heterocycles. The van der Waals surface area contributed by atoms with Crippen LogP contribution in [0.3, 0.4) is 0 Å². The van der Waals surface area contributed by atoms with Crippen molar-refractivity contribution in [2.24, 2.45) is 5.73 Å². The second-order valence-corrected chi connectivity index (χ2v) is 5.66. The molecule has 2 nitrogen and oxygen atoms in total. The molecule has 0 saturated heterocycles. The van der Waals surface area contributed by atoms with E-state index in [1.807, 2.05) is 0 Å². The summed E-state index contributed by atoms with van der Waals surface area (Å²) in [5.41, 5.74) is 8.73. The fraction of sp³-hybridized carbons (Fsp3) is 0.667. The molecule has 1 unspecified atom stereocenters. The van der Waals surface area contributed by atoms with Crippen molar-refractivity contribution < 1.29 is 0 Å². The van der Waals surface area contributed by atoms with Gasteiger partial charge in [0.2, 0.25) is 0 Å². The number of hydrogen-bond acceptors (Lipinski definition) is 2. The van der Waals surface area contributed by atoms with Gasteiger partial charge in [0.25, 0.3) is 0 Å². The zero-order valence-electron chi connectivity index (χ0n) is 13.6. The van der Waals surface area contributed by atoms with E-state index in [9.17, 15) is 0 Å². The van der Waals surface area contributed by atoms with E-state index in [0.29, 0.717) is 6.04 Å². The van der Waals surface area contributed by atoms with Crippen molar-refractivity contribution in [3.8, 4) is 0 Å². The first-order valence-corrected chi connectivity index (χ1v) is 8.26. The second-order valence-electron chi connectivity index (χ2n) is 5.66. The van der Waals surface area contributed by atoms with Crippen molar-refractivity contribution in [3.05, 3.63) is 29.8 Å². The van der Waals surface area contributed by atoms with Gasteiger partial charge in [-0.25, -0.2) is 0 Å². The summed E-state index contributed by atoms with van der Waals surface area (Å²) in [5, 5.41) is 0. The van der Waals surface area contributed by atoms with E-state index in [2.05, 4.69) is 49.9 Å². The van der Waals surface area contributed by atoms with Crippen molar-refractivity contribution in [1.82, 2.24) is 0 Å². The van der Waals surface area contributed by atoms with Gasteiger partial charge in [-0.3, -0.25) is 0 Å². The topological polar surface area (TPSA) is 29.3 Å². The molecule has 1 atom stereocenters. The van der Waals surface area contributed by atoms with Crippen molar-refractivity contribution >= 4 is 5.69 Å². The molecule has 0 aliphatic heterocycles. The van der Waals surface area contributed by atoms with Crippen LogP contribution in [0, 0.1) is 6.92 Å². The highest BCUT2D eigenvalue weighted by Crippen LogP contribution is 2.23. The lowest BCUT2D eigenvalue weighted by atomic mass is 10.0. The Morgan fingerprint density at radius 2 is 1.75 bits per heavy atom. The van der Waals surface area contributed by atoms with E-state index >= 15 is 0 Å². The number of anilines is 1. The van der Waals surface area contributed by atoms with Crippen LogP contribution in [0.1, 0.15) is 57.9 Å². The van der Waals surface area contributed by atoms with Gasteiger partial charge in [-0.2, -0.15) is 0 Å². The number of para-hydroxylation sites is 1. The summed E-state index contributed by atoms with van der Waals surface area (Å²) < 4.78 is 0. The maximum absolute atomic E-state index is 6.04. The summed E-state index contributed by atoms with van der Waals surface area (Å²) in [6.07, 6.45) is 7.89. The van der Waals surface area contributed by atoms with Crippen LogP contribution >= 0.6 is 0 Å². The fourth-order valence-corrected chi connectivity index (χ4v) is 2.90. The Hall–Kier alpha value is -1.02. The summed E-state index contributed by atoms with van der Waals surface area (Å²) >= 11 is 0. The first-order valence-electron chi connectivity index (χ1n) is 8.26. The Kier molecular flexibility index (Phi) is 8.36. The highest BCUT2D eigenvalue weighted by molar-refractivity contribution is 5.53. The van der Waals surface area contributed by atoms with Gasteiger partial charge in [0.1, 0.15) is 0 Å². The molecule has 0 heterocycles. The zero-order chi connectivity index (χ0) is 14.8. The fourth-order valence-electron chi connectivity index (χ4n) is 2.90. The average Bonchev–Trinajstić information content (AvgIpc) is 2.47. The lowest BCUT2D eigenvalue weighted by Gasteiger charge is -2.33. The second kappa shape index (κ2) is 9.82. The summed E-state index contributed by atoms with van der Waals surface area (Å²) in [6.45, 7) is 8.45. The van der Waals surface area contributed by atoms with Crippen LogP contribution in [0.15, 0.2) is 24.3 Å². The van der Waals surface area contributed by atoms with Crippen LogP contribution in [0.25, 0.3) is 0 Å². The molecule has 1 aromatic rings. The molecule has 0 aliphatic carbocycles. The molecule has 0 saturated carbocycles. The van der Waals surface area contributed by atoms with E-state index in [-0.39, 0.29) is 0 Å². The molecule has 0 spiro atoms. The van der Waals surface area contributed by atoms with Gasteiger partial charge in [0.05, 0.1) is 0 Å². The molecular weight excluding hydrogens is 244 g/mol. The Balaban J connectivity index is 2.59. The molecule has 0 fully saturated rings. The first-order chi connectivity index (χ1) is 9.74. The number of benzene rings is 1. The Morgan fingerprint density at radius 1 is 1.05 bits per heavy atom. The van der Waals surface area contributed by atoms with E-state index in [4.69, 9.17) is 5.73 Å². The molecule has 0 bridgehead atoms. The lowest BCUT2D eigenvalue weighted by molar-refractivity contribution is 0.515. The number of aryl methyl sites for hydroxylation is 1. The van der Waals surface area contributed by atoms with Crippen molar-refractivity contribution in [1.29, 1.82) is 0 Å². The maximum atomic E-state index is 6.04. The Labute approximate surface area is 125 Å². The minimum absolute atomic E-state index is 0.475. The van der Waals surface area contributed by atoms with Gasteiger partial charge in [-0.05, 0) is 31.9 Å². The van der Waals surface area contributed by atoms with Crippen LogP contribution in [0.4, 0.5) is 5.69 Å². The van der Waals surface area contributed by atoms with Crippen LogP contribution in [-0.4, -0.2) is 19.1 Å². The molecule has 0 radical (unpaired) electrons. The summed E-state index contributed by atoms with van der Waals surface area (Å²) in [5.74, 6) is 0. The van der Waals surface area contributed by atoms with E-state index in [1.54, 1.807) is 0 Å². The number of nitrogens with zero attached hydrogens (tertiary/aromatic N) is 1. The lowest BCUT2D eigenvalue weighted by Crippen LogP contribution is -2.41. The molecule has 0 amide bonds. The largest absolute Gasteiger partial charge is 0.367 e. The predicted molar refractivity (Wildman–Crippen MR) is 90.4 cm³/mol. The SMILES string of the molecule is CCCCCCCC(CN)N(CC)c1ccccc1C. The van der Waals surface area contributed by atoms with Gasteiger partial charge < -0.3 is 10.6 Å². The van der Waals surface area contributed by atoms with Gasteiger partial charge >= 0.3 is 0 Å². The first kappa shape index (κ1) is 17.0. The average molecular weight is 276 g/mol. The summed E-state index contributed by atoms with van der Waals surface area (Å²) in [4.78, 5) is 2.48. The quantitative estimate of drug-likeness (QED) is 0.637. The van der Waals surface area contributed by atoms with Crippen molar-refractivity contribution in [2.75, 3.05) is 18.0 Å². The Morgan fingerprint density at radius 3 is 2.35 bits per heavy atom. The highest BCUT2D eigenvalue weighted by atomic mass is 15.2. The summed E-state index contributed by atoms with van der Waals surface area (Å²) in [7, 11) is 0. The normalized spacial score (nSPS) is 12.4. The predicted octanol–water partition coefficient (Wildman–Crippen LogP) is 4.51. The third-order valence-electron chi connectivity index (χ3n) is 4.12. The Bertz CT molecular complexity index is 362. The molecule has 0 aliphatic rings. The number of hydrogen-bond donors (Lipinski definition) is 1. The van der Waals surface area contributed by atoms with Crippen LogP contribution < -0.4 is 10.6 Å².